The Morgan fingerprint density at radius 2 is 1.35 bits per heavy atom. The minimum absolute atomic E-state index is 0.0000523. The largest absolute Gasteiger partial charge is 0.339 e. The number of H-pyrrole nitrogens is 1. The summed E-state index contributed by atoms with van der Waals surface area (Å²) in [5.41, 5.74) is -0.0532. The van der Waals surface area contributed by atoms with Gasteiger partial charge in [-0.2, -0.15) is 0 Å². The molecule has 8 heteroatoms. The van der Waals surface area contributed by atoms with Gasteiger partial charge in [-0.15, -0.1) is 0 Å². The number of hydrogen-bond donors (Lipinski definition) is 1. The third-order valence-corrected chi connectivity index (χ3v) is 8.13. The molecule has 2 heterocycles. The van der Waals surface area contributed by atoms with Crippen LogP contribution < -0.4 is 11.2 Å². The summed E-state index contributed by atoms with van der Waals surface area (Å²) in [5.74, 6) is 0.890. The average Bonchev–Trinajstić information content (AvgIpc) is 3.41. The number of piperazine rings is 1. The summed E-state index contributed by atoms with van der Waals surface area (Å²) in [5, 5.41) is 0.525. The van der Waals surface area contributed by atoms with Crippen LogP contribution in [0.1, 0.15) is 51.4 Å². The molecule has 1 aromatic heterocycles. The molecule has 2 aromatic rings. The van der Waals surface area contributed by atoms with Crippen molar-refractivity contribution >= 4 is 22.7 Å². The van der Waals surface area contributed by atoms with E-state index in [4.69, 9.17) is 0 Å². The smallest absolute Gasteiger partial charge is 0.328 e. The molecular formula is C26H34N4O4. The summed E-state index contributed by atoms with van der Waals surface area (Å²) in [6.45, 7) is 2.92. The van der Waals surface area contributed by atoms with E-state index < -0.39 is 0 Å². The Morgan fingerprint density at radius 1 is 0.794 bits per heavy atom. The van der Waals surface area contributed by atoms with Gasteiger partial charge < -0.3 is 14.8 Å². The van der Waals surface area contributed by atoms with Gasteiger partial charge in [0.05, 0.1) is 10.9 Å². The molecule has 34 heavy (non-hydrogen) atoms. The first-order chi connectivity index (χ1) is 16.5. The zero-order chi connectivity index (χ0) is 23.7. The molecule has 2 saturated carbocycles. The van der Waals surface area contributed by atoms with Gasteiger partial charge >= 0.3 is 5.69 Å². The van der Waals surface area contributed by atoms with Crippen molar-refractivity contribution in [3.63, 3.8) is 0 Å². The summed E-state index contributed by atoms with van der Waals surface area (Å²) in [4.78, 5) is 57.8. The van der Waals surface area contributed by atoms with Gasteiger partial charge in [0, 0.05) is 44.6 Å². The Kier molecular flexibility index (Phi) is 6.57. The molecule has 0 atom stereocenters. The van der Waals surface area contributed by atoms with Crippen LogP contribution in [0.3, 0.4) is 0 Å². The fraction of sp³-hybridized carbons (Fsp3) is 0.615. The molecule has 8 nitrogen and oxygen atoms in total. The van der Waals surface area contributed by atoms with Gasteiger partial charge in [0.15, 0.2) is 0 Å². The van der Waals surface area contributed by atoms with Crippen molar-refractivity contribution in [3.8, 4) is 0 Å². The maximum absolute atomic E-state index is 13.1. The summed E-state index contributed by atoms with van der Waals surface area (Å²) in [6, 6.07) is 7.08. The number of carbonyl (C=O) groups excluding carboxylic acids is 2. The van der Waals surface area contributed by atoms with Crippen LogP contribution in [-0.4, -0.2) is 57.3 Å². The quantitative estimate of drug-likeness (QED) is 0.748. The van der Waals surface area contributed by atoms with Crippen molar-refractivity contribution in [1.29, 1.82) is 0 Å². The summed E-state index contributed by atoms with van der Waals surface area (Å²) >= 11 is 0. The number of aromatic amines is 1. The SMILES string of the molecule is O=C(C1CCCC1)N1CCN(C(=O)[C@H]2CC[C@H](Cn3c(=O)[nH]c4ccccc4c3=O)CC2)CC1. The van der Waals surface area contributed by atoms with Gasteiger partial charge in [-0.25, -0.2) is 4.79 Å². The van der Waals surface area contributed by atoms with E-state index >= 15 is 0 Å². The first-order valence-electron chi connectivity index (χ1n) is 12.8. The number of aromatic nitrogens is 2. The fourth-order valence-corrected chi connectivity index (χ4v) is 6.05. The lowest BCUT2D eigenvalue weighted by molar-refractivity contribution is -0.144. The minimum atomic E-state index is -0.369. The Morgan fingerprint density at radius 3 is 1.97 bits per heavy atom. The van der Waals surface area contributed by atoms with Gasteiger partial charge in [-0.05, 0) is 56.6 Å². The molecular weight excluding hydrogens is 432 g/mol. The van der Waals surface area contributed by atoms with Crippen LogP contribution in [0.2, 0.25) is 0 Å². The normalized spacial score (nSPS) is 24.0. The van der Waals surface area contributed by atoms with Gasteiger partial charge in [0.1, 0.15) is 0 Å². The second kappa shape index (κ2) is 9.76. The molecule has 3 aliphatic rings. The molecule has 2 amide bonds. The Hall–Kier alpha value is -2.90. The fourth-order valence-electron chi connectivity index (χ4n) is 6.05. The van der Waals surface area contributed by atoms with Crippen LogP contribution in [0.5, 0.6) is 0 Å². The topological polar surface area (TPSA) is 95.5 Å². The third kappa shape index (κ3) is 4.55. The van der Waals surface area contributed by atoms with Gasteiger partial charge in [-0.1, -0.05) is 25.0 Å². The van der Waals surface area contributed by atoms with Gasteiger partial charge in [-0.3, -0.25) is 19.0 Å². The van der Waals surface area contributed by atoms with Crippen LogP contribution >= 0.6 is 0 Å². The first kappa shape index (κ1) is 22.9. The highest BCUT2D eigenvalue weighted by atomic mass is 16.2. The highest BCUT2D eigenvalue weighted by Gasteiger charge is 2.34. The molecule has 3 fully saturated rings. The van der Waals surface area contributed by atoms with E-state index in [9.17, 15) is 19.2 Å². The average molecular weight is 467 g/mol. The predicted octanol–water partition coefficient (Wildman–Crippen LogP) is 2.36. The molecule has 0 radical (unpaired) electrons. The van der Waals surface area contributed by atoms with Crippen LogP contribution in [-0.2, 0) is 16.1 Å². The molecule has 0 bridgehead atoms. The van der Waals surface area contributed by atoms with Crippen LogP contribution in [0.25, 0.3) is 10.9 Å². The number of para-hydroxylation sites is 1. The van der Waals surface area contributed by atoms with E-state index in [1.54, 1.807) is 24.3 Å². The minimum Gasteiger partial charge on any atom is -0.339 e. The first-order valence-corrected chi connectivity index (χ1v) is 12.8. The van der Waals surface area contributed by atoms with Gasteiger partial charge in [0.2, 0.25) is 11.8 Å². The Bertz CT molecular complexity index is 1160. The number of benzene rings is 1. The molecule has 1 aliphatic heterocycles. The second-order valence-electron chi connectivity index (χ2n) is 10.2. The molecule has 5 rings (SSSR count). The molecule has 0 spiro atoms. The zero-order valence-electron chi connectivity index (χ0n) is 19.7. The van der Waals surface area contributed by atoms with E-state index in [0.29, 0.717) is 43.6 Å². The van der Waals surface area contributed by atoms with E-state index in [0.717, 1.165) is 51.4 Å². The van der Waals surface area contributed by atoms with E-state index in [-0.39, 0.29) is 40.8 Å². The van der Waals surface area contributed by atoms with E-state index in [2.05, 4.69) is 4.98 Å². The van der Waals surface area contributed by atoms with Crippen molar-refractivity contribution in [2.45, 2.75) is 57.9 Å². The Balaban J connectivity index is 1.14. The van der Waals surface area contributed by atoms with E-state index in [1.807, 2.05) is 9.80 Å². The lowest BCUT2D eigenvalue weighted by atomic mass is 9.81. The van der Waals surface area contributed by atoms with Gasteiger partial charge in [0.25, 0.3) is 5.56 Å². The number of nitrogens with one attached hydrogen (secondary N) is 1. The van der Waals surface area contributed by atoms with Crippen molar-refractivity contribution < 1.29 is 9.59 Å². The standard InChI is InChI=1S/C26H34N4O4/c31-23(19-5-1-2-6-19)28-13-15-29(16-14-28)24(32)20-11-9-18(10-12-20)17-30-25(33)21-7-3-4-8-22(21)27-26(30)34/h3-4,7-8,18-20H,1-2,5-6,9-17H2,(H,27,34)/t18-,20-. The van der Waals surface area contributed by atoms with Crippen molar-refractivity contribution in [2.75, 3.05) is 26.2 Å². The number of nitrogens with zero attached hydrogens (tertiary/aromatic N) is 3. The monoisotopic (exact) mass is 466 g/mol. The molecule has 1 saturated heterocycles. The maximum atomic E-state index is 13.1. The highest BCUT2D eigenvalue weighted by molar-refractivity contribution is 5.81. The lowest BCUT2D eigenvalue weighted by Crippen LogP contribution is -2.53. The van der Waals surface area contributed by atoms with Crippen molar-refractivity contribution in [3.05, 3.63) is 45.1 Å². The zero-order valence-corrected chi connectivity index (χ0v) is 19.7. The summed E-state index contributed by atoms with van der Waals surface area (Å²) in [7, 11) is 0. The molecule has 1 aromatic carbocycles. The number of amides is 2. The molecule has 0 unspecified atom stereocenters. The Labute approximate surface area is 198 Å². The number of rotatable bonds is 4. The van der Waals surface area contributed by atoms with Crippen molar-refractivity contribution in [2.24, 2.45) is 17.8 Å². The number of fused-ring (bicyclic) bond motifs is 1. The molecule has 2 aliphatic carbocycles. The van der Waals surface area contributed by atoms with Crippen LogP contribution in [0.4, 0.5) is 0 Å². The lowest BCUT2D eigenvalue weighted by Gasteiger charge is -2.38. The summed E-state index contributed by atoms with van der Waals surface area (Å²) in [6.07, 6.45) is 7.56. The van der Waals surface area contributed by atoms with Crippen molar-refractivity contribution in [1.82, 2.24) is 19.4 Å². The number of hydrogen-bond acceptors (Lipinski definition) is 4. The second-order valence-corrected chi connectivity index (χ2v) is 10.2. The van der Waals surface area contributed by atoms with Crippen LogP contribution in [0.15, 0.2) is 33.9 Å². The third-order valence-electron chi connectivity index (χ3n) is 8.13. The van der Waals surface area contributed by atoms with Crippen LogP contribution in [0, 0.1) is 17.8 Å². The highest BCUT2D eigenvalue weighted by Crippen LogP contribution is 2.31. The van der Waals surface area contributed by atoms with E-state index in [1.165, 1.54) is 4.57 Å². The molecule has 182 valence electrons. The predicted molar refractivity (Wildman–Crippen MR) is 129 cm³/mol. The summed E-state index contributed by atoms with van der Waals surface area (Å²) < 4.78 is 1.32. The maximum Gasteiger partial charge on any atom is 0.328 e. The molecule has 1 N–H and O–H groups in total. The number of carbonyl (C=O) groups is 2.